The highest BCUT2D eigenvalue weighted by molar-refractivity contribution is 6.07. The minimum absolute atomic E-state index is 0.0420. The maximum Gasteiger partial charge on any atom is 0.438 e. The molecular weight excluding hydrogens is 488 g/mol. The molecule has 0 fully saturated rings. The van der Waals surface area contributed by atoms with E-state index in [-0.39, 0.29) is 11.8 Å². The Hall–Kier alpha value is -4.08. The fraction of sp³-hybridized carbons (Fsp3) is 0.429. The summed E-state index contributed by atoms with van der Waals surface area (Å²) in [5.41, 5.74) is 2.42. The minimum Gasteiger partial charge on any atom is -0.445 e. The Bertz CT molecular complexity index is 1060. The average molecular weight is 527 g/mol. The highest BCUT2D eigenvalue weighted by Crippen LogP contribution is 2.26. The molecule has 0 radical (unpaired) electrons. The first kappa shape index (κ1) is 30.1. The maximum absolute atomic E-state index is 13.6. The van der Waals surface area contributed by atoms with E-state index in [0.29, 0.717) is 21.4 Å². The summed E-state index contributed by atoms with van der Waals surface area (Å²) in [4.78, 5) is 53.5. The van der Waals surface area contributed by atoms with Gasteiger partial charge in [-0.15, -0.1) is 10.0 Å². The van der Waals surface area contributed by atoms with Crippen LogP contribution >= 0.6 is 0 Å². The topological polar surface area (TPSA) is 117 Å². The number of nitrogens with one attached hydrogen (secondary N) is 2. The summed E-state index contributed by atoms with van der Waals surface area (Å²) in [5, 5.41) is 5.91. The van der Waals surface area contributed by atoms with Crippen LogP contribution in [0.5, 0.6) is 0 Å². The van der Waals surface area contributed by atoms with Gasteiger partial charge in [0.25, 0.3) is 0 Å². The average Bonchev–Trinajstić information content (AvgIpc) is 2.81. The predicted molar refractivity (Wildman–Crippen MR) is 146 cm³/mol. The quantitative estimate of drug-likeness (QED) is 0.381. The summed E-state index contributed by atoms with van der Waals surface area (Å²) in [7, 11) is 0. The summed E-state index contributed by atoms with van der Waals surface area (Å²) >= 11 is 0. The second-order valence-corrected chi connectivity index (χ2v) is 9.83. The van der Waals surface area contributed by atoms with Gasteiger partial charge in [0, 0.05) is 11.4 Å². The number of nitrogens with zero attached hydrogens (tertiary/aromatic N) is 2. The molecule has 206 valence electrons. The van der Waals surface area contributed by atoms with Crippen molar-refractivity contribution >= 4 is 35.6 Å². The smallest absolute Gasteiger partial charge is 0.438 e. The molecule has 0 saturated carbocycles. The number of urea groups is 2. The fourth-order valence-electron chi connectivity index (χ4n) is 3.58. The molecule has 38 heavy (non-hydrogen) atoms. The summed E-state index contributed by atoms with van der Waals surface area (Å²) in [6, 6.07) is 11.9. The number of anilines is 2. The lowest BCUT2D eigenvalue weighted by atomic mass is 10.0. The first-order valence-corrected chi connectivity index (χ1v) is 12.6. The summed E-state index contributed by atoms with van der Waals surface area (Å²) in [6.07, 6.45) is -3.75. The molecule has 10 heteroatoms. The standard InChI is InChI=1S/C28H38N4O6/c1-17(2)21-13-9-11-15-23(21)29-25(33)31(27(35)37-19(5)6)32(28(36)38-20(7)8)26(34)30-24-16-12-10-14-22(24)18(3)4/h9-20H,1-8H3,(H,29,33)(H,30,34). The number of carbonyl (C=O) groups is 4. The SMILES string of the molecule is CC(C)OC(=O)N(C(=O)Nc1ccccc1C(C)C)N(C(=O)Nc1ccccc1C(C)C)C(=O)OC(C)C. The largest absolute Gasteiger partial charge is 0.445 e. The summed E-state index contributed by atoms with van der Waals surface area (Å²) in [6.45, 7) is 14.1. The van der Waals surface area contributed by atoms with Crippen molar-refractivity contribution in [3.8, 4) is 0 Å². The Balaban J connectivity index is 2.57. The molecular formula is C28H38N4O6. The number of hydrazine groups is 1. The van der Waals surface area contributed by atoms with Gasteiger partial charge in [0.2, 0.25) is 0 Å². The Kier molecular flexibility index (Phi) is 10.7. The van der Waals surface area contributed by atoms with E-state index in [1.54, 1.807) is 52.0 Å². The molecule has 0 aliphatic rings. The molecule has 0 atom stereocenters. The highest BCUT2D eigenvalue weighted by Gasteiger charge is 2.40. The van der Waals surface area contributed by atoms with Crippen LogP contribution in [0.3, 0.4) is 0 Å². The number of ether oxygens (including phenoxy) is 2. The third-order valence-corrected chi connectivity index (χ3v) is 5.25. The zero-order chi connectivity index (χ0) is 28.6. The monoisotopic (exact) mass is 526 g/mol. The number of para-hydroxylation sites is 2. The van der Waals surface area contributed by atoms with Gasteiger partial charge in [-0.1, -0.05) is 64.1 Å². The number of rotatable bonds is 6. The van der Waals surface area contributed by atoms with Crippen LogP contribution in [0, 0.1) is 0 Å². The van der Waals surface area contributed by atoms with E-state index in [9.17, 15) is 19.2 Å². The number of amides is 6. The van der Waals surface area contributed by atoms with E-state index in [0.717, 1.165) is 11.1 Å². The Morgan fingerprint density at radius 1 is 0.579 bits per heavy atom. The molecule has 2 aromatic carbocycles. The van der Waals surface area contributed by atoms with Gasteiger partial charge in [-0.05, 0) is 62.8 Å². The lowest BCUT2D eigenvalue weighted by molar-refractivity contribution is 0.00878. The van der Waals surface area contributed by atoms with Crippen molar-refractivity contribution in [1.29, 1.82) is 0 Å². The lowest BCUT2D eigenvalue weighted by Crippen LogP contribution is -2.58. The van der Waals surface area contributed by atoms with Gasteiger partial charge >= 0.3 is 24.2 Å². The molecule has 0 aliphatic carbocycles. The van der Waals surface area contributed by atoms with Gasteiger partial charge < -0.3 is 20.1 Å². The molecule has 0 saturated heterocycles. The maximum atomic E-state index is 13.6. The van der Waals surface area contributed by atoms with Crippen molar-refractivity contribution < 1.29 is 28.7 Å². The van der Waals surface area contributed by atoms with Crippen LogP contribution in [0.1, 0.15) is 78.4 Å². The van der Waals surface area contributed by atoms with E-state index < -0.39 is 36.5 Å². The zero-order valence-corrected chi connectivity index (χ0v) is 23.3. The van der Waals surface area contributed by atoms with Crippen LogP contribution in [0.15, 0.2) is 48.5 Å². The third kappa shape index (κ3) is 7.96. The van der Waals surface area contributed by atoms with Crippen molar-refractivity contribution in [2.24, 2.45) is 0 Å². The molecule has 0 aromatic heterocycles. The molecule has 2 N–H and O–H groups in total. The zero-order valence-electron chi connectivity index (χ0n) is 23.3. The van der Waals surface area contributed by atoms with Crippen molar-refractivity contribution in [2.75, 3.05) is 10.6 Å². The molecule has 6 amide bonds. The third-order valence-electron chi connectivity index (χ3n) is 5.25. The van der Waals surface area contributed by atoms with E-state index in [1.807, 2.05) is 52.0 Å². The Morgan fingerprint density at radius 2 is 0.895 bits per heavy atom. The molecule has 0 heterocycles. The number of benzene rings is 2. The summed E-state index contributed by atoms with van der Waals surface area (Å²) < 4.78 is 10.5. The highest BCUT2D eigenvalue weighted by atomic mass is 16.6. The van der Waals surface area contributed by atoms with Crippen molar-refractivity contribution in [1.82, 2.24) is 10.0 Å². The van der Waals surface area contributed by atoms with Gasteiger partial charge in [-0.3, -0.25) is 0 Å². The van der Waals surface area contributed by atoms with E-state index in [2.05, 4.69) is 10.6 Å². The number of imide groups is 2. The first-order valence-electron chi connectivity index (χ1n) is 12.6. The minimum atomic E-state index is -1.23. The molecule has 2 aromatic rings. The Morgan fingerprint density at radius 3 is 1.18 bits per heavy atom. The van der Waals surface area contributed by atoms with Crippen LogP contribution in [0.25, 0.3) is 0 Å². The fourth-order valence-corrected chi connectivity index (χ4v) is 3.58. The second kappa shape index (κ2) is 13.5. The number of hydrogen-bond donors (Lipinski definition) is 2. The van der Waals surface area contributed by atoms with Crippen LogP contribution in [0.4, 0.5) is 30.6 Å². The van der Waals surface area contributed by atoms with Crippen molar-refractivity contribution in [2.45, 2.75) is 79.4 Å². The van der Waals surface area contributed by atoms with Gasteiger partial charge in [0.1, 0.15) is 0 Å². The second-order valence-electron chi connectivity index (χ2n) is 9.83. The first-order chi connectivity index (χ1) is 17.8. The molecule has 0 unspecified atom stereocenters. The molecule has 0 bridgehead atoms. The molecule has 2 rings (SSSR count). The van der Waals surface area contributed by atoms with Gasteiger partial charge in [-0.2, -0.15) is 0 Å². The molecule has 10 nitrogen and oxygen atoms in total. The van der Waals surface area contributed by atoms with E-state index >= 15 is 0 Å². The van der Waals surface area contributed by atoms with E-state index in [1.165, 1.54) is 0 Å². The van der Waals surface area contributed by atoms with Gasteiger partial charge in [-0.25, -0.2) is 19.2 Å². The normalized spacial score (nSPS) is 10.9. The van der Waals surface area contributed by atoms with Crippen LogP contribution in [-0.4, -0.2) is 46.5 Å². The van der Waals surface area contributed by atoms with Gasteiger partial charge in [0.15, 0.2) is 0 Å². The predicted octanol–water partition coefficient (Wildman–Crippen LogP) is 7.31. The van der Waals surface area contributed by atoms with Crippen LogP contribution in [0.2, 0.25) is 0 Å². The summed E-state index contributed by atoms with van der Waals surface area (Å²) in [5.74, 6) is 0.0841. The Labute approximate surface area is 224 Å². The van der Waals surface area contributed by atoms with E-state index in [4.69, 9.17) is 9.47 Å². The van der Waals surface area contributed by atoms with Crippen molar-refractivity contribution in [3.63, 3.8) is 0 Å². The molecule has 0 spiro atoms. The lowest BCUT2D eigenvalue weighted by Gasteiger charge is -2.31. The van der Waals surface area contributed by atoms with Crippen molar-refractivity contribution in [3.05, 3.63) is 59.7 Å². The van der Waals surface area contributed by atoms with Crippen LogP contribution < -0.4 is 10.6 Å². The van der Waals surface area contributed by atoms with Gasteiger partial charge in [0.05, 0.1) is 12.2 Å². The number of carbonyl (C=O) groups excluding carboxylic acids is 4. The number of hydrogen-bond acceptors (Lipinski definition) is 6. The molecule has 0 aliphatic heterocycles. The van der Waals surface area contributed by atoms with Crippen LogP contribution in [-0.2, 0) is 9.47 Å².